The fourth-order valence-electron chi connectivity index (χ4n) is 0.354. The molecule has 1 aromatic rings. The molecule has 11 heavy (non-hydrogen) atoms. The van der Waals surface area contributed by atoms with Gasteiger partial charge in [0.05, 0.1) is 6.20 Å². The van der Waals surface area contributed by atoms with Gasteiger partial charge in [-0.3, -0.25) is 4.98 Å². The van der Waals surface area contributed by atoms with E-state index in [1.165, 1.54) is 6.20 Å². The van der Waals surface area contributed by atoms with E-state index in [1.54, 1.807) is 18.3 Å². The summed E-state index contributed by atoms with van der Waals surface area (Å²) in [6.07, 6.45) is 3.00. The molecule has 0 unspecified atom stereocenters. The molecule has 0 aromatic carbocycles. The van der Waals surface area contributed by atoms with Crippen LogP contribution in [-0.4, -0.2) is 16.1 Å². The average molecular weight is 155 g/mol. The zero-order chi connectivity index (χ0) is 8.69. The number of nitrogens with zero attached hydrogens (tertiary/aromatic N) is 1. The van der Waals surface area contributed by atoms with Gasteiger partial charge in [0, 0.05) is 6.20 Å². The van der Waals surface area contributed by atoms with Crippen molar-refractivity contribution in [2.45, 2.75) is 0 Å². The third-order valence-electron chi connectivity index (χ3n) is 0.646. The van der Waals surface area contributed by atoms with Crippen LogP contribution in [0.4, 0.5) is 4.79 Å². The number of nitrogens with two attached hydrogens (primary N) is 2. The summed E-state index contributed by atoms with van der Waals surface area (Å²) >= 11 is 0. The second kappa shape index (κ2) is 5.04. The number of aromatic nitrogens is 1. The summed E-state index contributed by atoms with van der Waals surface area (Å²) in [5.74, 6) is 0.211. The third-order valence-corrected chi connectivity index (χ3v) is 0.646. The van der Waals surface area contributed by atoms with Crippen molar-refractivity contribution in [3.8, 4) is 5.75 Å². The summed E-state index contributed by atoms with van der Waals surface area (Å²) in [6.45, 7) is 0. The van der Waals surface area contributed by atoms with Crippen LogP contribution in [0.5, 0.6) is 5.75 Å². The number of carbonyl (C=O) groups excluding carboxylic acids is 1. The molecular weight excluding hydrogens is 146 g/mol. The molecule has 60 valence electrons. The van der Waals surface area contributed by atoms with Crippen LogP contribution in [0.2, 0.25) is 0 Å². The molecule has 0 aliphatic rings. The molecule has 5 heteroatoms. The second-order valence-corrected chi connectivity index (χ2v) is 1.61. The Labute approximate surface area is 63.7 Å². The first-order chi connectivity index (χ1) is 5.13. The lowest BCUT2D eigenvalue weighted by atomic mass is 10.5. The molecule has 0 radical (unpaired) electrons. The minimum absolute atomic E-state index is 0.211. The highest BCUT2D eigenvalue weighted by molar-refractivity contribution is 5.69. The predicted octanol–water partition coefficient (Wildman–Crippen LogP) is -0.189. The van der Waals surface area contributed by atoms with Gasteiger partial charge < -0.3 is 16.6 Å². The highest BCUT2D eigenvalue weighted by Gasteiger charge is 1.76. The molecule has 5 N–H and O–H groups in total. The van der Waals surface area contributed by atoms with Gasteiger partial charge in [0.15, 0.2) is 0 Å². The molecule has 0 bridgehead atoms. The molecule has 0 fully saturated rings. The summed E-state index contributed by atoms with van der Waals surface area (Å²) in [6, 6.07) is 2.42. The van der Waals surface area contributed by atoms with Gasteiger partial charge in [-0.15, -0.1) is 0 Å². The van der Waals surface area contributed by atoms with Crippen molar-refractivity contribution in [3.05, 3.63) is 24.5 Å². The smallest absolute Gasteiger partial charge is 0.309 e. The second-order valence-electron chi connectivity index (χ2n) is 1.61. The Bertz CT molecular complexity index is 208. The van der Waals surface area contributed by atoms with Crippen LogP contribution in [-0.2, 0) is 0 Å². The topological polar surface area (TPSA) is 102 Å². The molecule has 2 amide bonds. The summed E-state index contributed by atoms with van der Waals surface area (Å²) in [7, 11) is 0. The van der Waals surface area contributed by atoms with E-state index >= 15 is 0 Å². The average Bonchev–Trinajstić information content (AvgIpc) is 1.87. The minimum atomic E-state index is -0.833. The van der Waals surface area contributed by atoms with Crippen molar-refractivity contribution in [2.24, 2.45) is 11.5 Å². The zero-order valence-corrected chi connectivity index (χ0v) is 5.77. The first-order valence-electron chi connectivity index (χ1n) is 2.77. The largest absolute Gasteiger partial charge is 0.506 e. The number of pyridine rings is 1. The Morgan fingerprint density at radius 3 is 2.27 bits per heavy atom. The lowest BCUT2D eigenvalue weighted by Gasteiger charge is -1.81. The highest BCUT2D eigenvalue weighted by Crippen LogP contribution is 1.99. The van der Waals surface area contributed by atoms with Crippen LogP contribution in [0.25, 0.3) is 0 Å². The molecule has 0 atom stereocenters. The first kappa shape index (κ1) is 9.22. The Hall–Kier alpha value is -1.78. The van der Waals surface area contributed by atoms with E-state index in [1.807, 2.05) is 0 Å². The van der Waals surface area contributed by atoms with Crippen LogP contribution in [0.15, 0.2) is 24.5 Å². The van der Waals surface area contributed by atoms with E-state index in [4.69, 9.17) is 9.90 Å². The number of rotatable bonds is 0. The zero-order valence-electron chi connectivity index (χ0n) is 5.77. The summed E-state index contributed by atoms with van der Waals surface area (Å²) in [5.41, 5.74) is 8.50. The van der Waals surface area contributed by atoms with Crippen molar-refractivity contribution >= 4 is 6.03 Å². The van der Waals surface area contributed by atoms with E-state index in [9.17, 15) is 0 Å². The summed E-state index contributed by atoms with van der Waals surface area (Å²) in [4.78, 5) is 12.6. The Kier molecular flexibility index (Phi) is 4.22. The number of urea groups is 1. The van der Waals surface area contributed by atoms with Gasteiger partial charge in [0.25, 0.3) is 0 Å². The summed E-state index contributed by atoms with van der Waals surface area (Å²) < 4.78 is 0. The molecular formula is C6H9N3O2. The van der Waals surface area contributed by atoms with Crippen molar-refractivity contribution in [1.29, 1.82) is 0 Å². The Morgan fingerprint density at radius 2 is 2.09 bits per heavy atom. The number of aromatic hydroxyl groups is 1. The van der Waals surface area contributed by atoms with Gasteiger partial charge in [-0.2, -0.15) is 0 Å². The maximum Gasteiger partial charge on any atom is 0.309 e. The quantitative estimate of drug-likeness (QED) is 0.483. The highest BCUT2D eigenvalue weighted by atomic mass is 16.3. The van der Waals surface area contributed by atoms with Gasteiger partial charge in [-0.05, 0) is 12.1 Å². The van der Waals surface area contributed by atoms with Crippen molar-refractivity contribution in [2.75, 3.05) is 0 Å². The van der Waals surface area contributed by atoms with E-state index in [0.29, 0.717) is 0 Å². The molecule has 0 saturated heterocycles. The lowest BCUT2D eigenvalue weighted by Crippen LogP contribution is -2.18. The van der Waals surface area contributed by atoms with E-state index in [2.05, 4.69) is 16.5 Å². The molecule has 1 rings (SSSR count). The third kappa shape index (κ3) is 8.22. The van der Waals surface area contributed by atoms with Crippen molar-refractivity contribution < 1.29 is 9.90 Å². The van der Waals surface area contributed by atoms with Gasteiger partial charge in [0.1, 0.15) is 5.75 Å². The molecule has 0 aliphatic carbocycles. The molecule has 1 heterocycles. The van der Waals surface area contributed by atoms with Gasteiger partial charge in [-0.25, -0.2) is 4.79 Å². The van der Waals surface area contributed by atoms with Crippen LogP contribution in [0.1, 0.15) is 0 Å². The Morgan fingerprint density at radius 1 is 1.55 bits per heavy atom. The van der Waals surface area contributed by atoms with Crippen LogP contribution in [0, 0.1) is 0 Å². The van der Waals surface area contributed by atoms with Gasteiger partial charge in [-0.1, -0.05) is 0 Å². The maximum atomic E-state index is 9.00. The number of hydrogen-bond donors (Lipinski definition) is 3. The predicted molar refractivity (Wildman–Crippen MR) is 39.7 cm³/mol. The van der Waals surface area contributed by atoms with Crippen LogP contribution in [0.3, 0.4) is 0 Å². The van der Waals surface area contributed by atoms with Crippen LogP contribution < -0.4 is 11.5 Å². The van der Waals surface area contributed by atoms with Crippen molar-refractivity contribution in [1.82, 2.24) is 4.98 Å². The lowest BCUT2D eigenvalue weighted by molar-refractivity contribution is 0.256. The summed E-state index contributed by atoms with van der Waals surface area (Å²) in [5, 5.41) is 8.57. The molecule has 0 aliphatic heterocycles. The van der Waals surface area contributed by atoms with E-state index in [-0.39, 0.29) is 5.75 Å². The SMILES string of the molecule is NC(N)=O.Oc1cccnc1. The fraction of sp³-hybridized carbons (Fsp3) is 0. The van der Waals surface area contributed by atoms with Crippen molar-refractivity contribution in [3.63, 3.8) is 0 Å². The fourth-order valence-corrected chi connectivity index (χ4v) is 0.354. The van der Waals surface area contributed by atoms with Gasteiger partial charge in [0.2, 0.25) is 0 Å². The van der Waals surface area contributed by atoms with E-state index in [0.717, 1.165) is 0 Å². The van der Waals surface area contributed by atoms with Crippen LogP contribution >= 0.6 is 0 Å². The maximum absolute atomic E-state index is 9.00. The monoisotopic (exact) mass is 155 g/mol. The normalized spacial score (nSPS) is 7.64. The molecule has 0 saturated carbocycles. The number of amides is 2. The minimum Gasteiger partial charge on any atom is -0.506 e. The molecule has 0 spiro atoms. The standard InChI is InChI=1S/C5H5NO.CH4N2O/c7-5-2-1-3-6-4-5;2-1(3)4/h1-4,7H;(H4,2,3,4). The van der Waals surface area contributed by atoms with Gasteiger partial charge >= 0.3 is 6.03 Å². The first-order valence-corrected chi connectivity index (χ1v) is 2.77. The molecule has 5 nitrogen and oxygen atoms in total. The molecule has 1 aromatic heterocycles. The number of primary amides is 2. The Balaban J connectivity index is 0.000000218. The number of carbonyl (C=O) groups is 1. The number of hydrogen-bond acceptors (Lipinski definition) is 3. The van der Waals surface area contributed by atoms with E-state index < -0.39 is 6.03 Å².